The minimum atomic E-state index is -3.62. The van der Waals surface area contributed by atoms with Crippen molar-refractivity contribution in [1.82, 2.24) is 9.62 Å². The van der Waals surface area contributed by atoms with E-state index in [0.717, 1.165) is 34.5 Å². The van der Waals surface area contributed by atoms with Crippen LogP contribution in [0.2, 0.25) is 0 Å². The zero-order valence-electron chi connectivity index (χ0n) is 14.3. The Kier molecular flexibility index (Phi) is 6.57. The lowest BCUT2D eigenvalue weighted by atomic mass is 9.86. The number of benzene rings is 1. The molecule has 1 aliphatic carbocycles. The minimum absolute atomic E-state index is 0.155. The Balaban J connectivity index is 1.91. The number of nitrogens with one attached hydrogen (secondary N) is 1. The number of rotatable bonds is 6. The number of likely N-dealkylation sites (N-methyl/N-ethyl adjacent to an activating group) is 1. The summed E-state index contributed by atoms with van der Waals surface area (Å²) in [5, 5.41) is 4.11. The number of hydrogen-bond donors (Lipinski definition) is 1. The van der Waals surface area contributed by atoms with Gasteiger partial charge in [-0.1, -0.05) is 50.1 Å². The number of carbonyl (C=O) groups excluding carboxylic acids is 1. The van der Waals surface area contributed by atoms with E-state index in [1.165, 1.54) is 19.5 Å². The molecule has 1 aliphatic rings. The molecule has 24 heavy (non-hydrogen) atoms. The van der Waals surface area contributed by atoms with Crippen LogP contribution >= 0.6 is 0 Å². The van der Waals surface area contributed by atoms with Crippen molar-refractivity contribution in [3.8, 4) is 0 Å². The van der Waals surface area contributed by atoms with E-state index in [-0.39, 0.29) is 18.5 Å². The van der Waals surface area contributed by atoms with Crippen molar-refractivity contribution >= 4 is 22.0 Å². The standard InChI is InChI=1S/C18H26N2O3S/c1-15-8-6-7-11-17(15)19-18(21)14-20(2)24(22,23)13-12-16-9-4-3-5-10-16/h3-5,9-10,12-13,15,17H,6-8,11,14H2,1-2H3,(H,19,21)/b13-12+/t15-,17+/m1/s1. The van der Waals surface area contributed by atoms with Gasteiger partial charge in [0.1, 0.15) is 0 Å². The van der Waals surface area contributed by atoms with Gasteiger partial charge < -0.3 is 5.32 Å². The third-order valence-corrected chi connectivity index (χ3v) is 5.97. The molecular formula is C18H26N2O3S. The predicted molar refractivity (Wildman–Crippen MR) is 96.6 cm³/mol. The summed E-state index contributed by atoms with van der Waals surface area (Å²) >= 11 is 0. The van der Waals surface area contributed by atoms with Gasteiger partial charge in [0.25, 0.3) is 0 Å². The SMILES string of the molecule is C[C@@H]1CCCC[C@@H]1NC(=O)CN(C)S(=O)(=O)/C=C/c1ccccc1. The Morgan fingerprint density at radius 3 is 2.58 bits per heavy atom. The molecule has 0 spiro atoms. The number of amides is 1. The molecule has 132 valence electrons. The minimum Gasteiger partial charge on any atom is -0.352 e. The van der Waals surface area contributed by atoms with Gasteiger partial charge in [0.05, 0.1) is 6.54 Å². The molecule has 0 unspecified atom stereocenters. The second-order valence-electron chi connectivity index (χ2n) is 6.45. The van der Waals surface area contributed by atoms with E-state index >= 15 is 0 Å². The fourth-order valence-electron chi connectivity index (χ4n) is 2.91. The topological polar surface area (TPSA) is 66.5 Å². The number of sulfonamides is 1. The summed E-state index contributed by atoms with van der Waals surface area (Å²) in [6.45, 7) is 1.97. The van der Waals surface area contributed by atoms with Crippen LogP contribution in [0.1, 0.15) is 38.2 Å². The molecule has 1 amide bonds. The number of hydrogen-bond acceptors (Lipinski definition) is 3. The quantitative estimate of drug-likeness (QED) is 0.857. The van der Waals surface area contributed by atoms with Crippen LogP contribution in [-0.4, -0.2) is 38.3 Å². The van der Waals surface area contributed by atoms with Crippen LogP contribution < -0.4 is 5.32 Å². The third kappa shape index (κ3) is 5.46. The summed E-state index contributed by atoms with van der Waals surface area (Å²) in [5.74, 6) is 0.204. The molecule has 2 atom stereocenters. The zero-order chi connectivity index (χ0) is 17.6. The zero-order valence-corrected chi connectivity index (χ0v) is 15.1. The highest BCUT2D eigenvalue weighted by Gasteiger charge is 2.24. The monoisotopic (exact) mass is 350 g/mol. The molecule has 1 aromatic rings. The van der Waals surface area contributed by atoms with E-state index < -0.39 is 10.0 Å². The lowest BCUT2D eigenvalue weighted by molar-refractivity contribution is -0.122. The maximum absolute atomic E-state index is 12.3. The Hall–Kier alpha value is -1.66. The maximum atomic E-state index is 12.3. The van der Waals surface area contributed by atoms with Gasteiger partial charge >= 0.3 is 0 Å². The van der Waals surface area contributed by atoms with Crippen molar-refractivity contribution in [2.24, 2.45) is 5.92 Å². The lowest BCUT2D eigenvalue weighted by Gasteiger charge is -2.30. The summed E-state index contributed by atoms with van der Waals surface area (Å²) in [6.07, 6.45) is 5.93. The summed E-state index contributed by atoms with van der Waals surface area (Å²) < 4.78 is 25.6. The van der Waals surface area contributed by atoms with E-state index in [1.807, 2.05) is 30.3 Å². The average molecular weight is 350 g/mol. The summed E-state index contributed by atoms with van der Waals surface area (Å²) in [4.78, 5) is 12.1. The smallest absolute Gasteiger partial charge is 0.236 e. The van der Waals surface area contributed by atoms with Gasteiger partial charge in [-0.25, -0.2) is 8.42 Å². The first-order valence-electron chi connectivity index (χ1n) is 8.37. The van der Waals surface area contributed by atoms with Crippen molar-refractivity contribution < 1.29 is 13.2 Å². The molecule has 1 saturated carbocycles. The molecule has 0 bridgehead atoms. The molecule has 1 N–H and O–H groups in total. The van der Waals surface area contributed by atoms with Crippen LogP contribution in [0.5, 0.6) is 0 Å². The van der Waals surface area contributed by atoms with E-state index in [1.54, 1.807) is 0 Å². The highest BCUT2D eigenvalue weighted by atomic mass is 32.2. The Morgan fingerprint density at radius 2 is 1.92 bits per heavy atom. The van der Waals surface area contributed by atoms with E-state index in [2.05, 4.69) is 12.2 Å². The van der Waals surface area contributed by atoms with Crippen LogP contribution in [0.4, 0.5) is 0 Å². The summed E-state index contributed by atoms with van der Waals surface area (Å²) in [7, 11) is -2.19. The van der Waals surface area contributed by atoms with Crippen molar-refractivity contribution in [3.63, 3.8) is 0 Å². The molecule has 1 fully saturated rings. The van der Waals surface area contributed by atoms with Gasteiger partial charge in [-0.3, -0.25) is 4.79 Å². The first kappa shape index (κ1) is 18.7. The highest BCUT2D eigenvalue weighted by Crippen LogP contribution is 2.23. The second-order valence-corrected chi connectivity index (χ2v) is 8.38. The molecule has 2 rings (SSSR count). The van der Waals surface area contributed by atoms with Crippen LogP contribution in [0, 0.1) is 5.92 Å². The van der Waals surface area contributed by atoms with Gasteiger partial charge in [0.15, 0.2) is 0 Å². The largest absolute Gasteiger partial charge is 0.352 e. The Morgan fingerprint density at radius 1 is 1.25 bits per heavy atom. The molecule has 1 aromatic carbocycles. The first-order valence-corrected chi connectivity index (χ1v) is 9.87. The lowest BCUT2D eigenvalue weighted by Crippen LogP contribution is -2.45. The fraction of sp³-hybridized carbons (Fsp3) is 0.500. The molecule has 0 radical (unpaired) electrons. The van der Waals surface area contributed by atoms with Gasteiger partial charge in [0, 0.05) is 18.5 Å². The molecule has 0 heterocycles. The van der Waals surface area contributed by atoms with Gasteiger partial charge in [0.2, 0.25) is 15.9 Å². The van der Waals surface area contributed by atoms with Crippen molar-refractivity contribution in [2.45, 2.75) is 38.6 Å². The van der Waals surface area contributed by atoms with E-state index in [4.69, 9.17) is 0 Å². The Bertz CT molecular complexity index is 671. The molecule has 0 saturated heterocycles. The molecule has 0 aliphatic heterocycles. The van der Waals surface area contributed by atoms with Crippen molar-refractivity contribution in [1.29, 1.82) is 0 Å². The molecule has 5 nitrogen and oxygen atoms in total. The summed E-state index contributed by atoms with van der Waals surface area (Å²) in [5.41, 5.74) is 0.801. The fourth-order valence-corrected chi connectivity index (χ4v) is 3.74. The van der Waals surface area contributed by atoms with Crippen LogP contribution in [0.3, 0.4) is 0 Å². The average Bonchev–Trinajstić information content (AvgIpc) is 2.56. The number of carbonyl (C=O) groups is 1. The second kappa shape index (κ2) is 8.44. The van der Waals surface area contributed by atoms with Crippen LogP contribution in [0.25, 0.3) is 6.08 Å². The van der Waals surface area contributed by atoms with E-state index in [9.17, 15) is 13.2 Å². The van der Waals surface area contributed by atoms with Crippen LogP contribution in [-0.2, 0) is 14.8 Å². The van der Waals surface area contributed by atoms with Crippen LogP contribution in [0.15, 0.2) is 35.7 Å². The molecular weight excluding hydrogens is 324 g/mol. The van der Waals surface area contributed by atoms with Gasteiger partial charge in [-0.15, -0.1) is 0 Å². The molecule has 6 heteroatoms. The van der Waals surface area contributed by atoms with E-state index in [0.29, 0.717) is 5.92 Å². The number of nitrogens with zero attached hydrogens (tertiary/aromatic N) is 1. The van der Waals surface area contributed by atoms with Gasteiger partial charge in [-0.05, 0) is 30.4 Å². The highest BCUT2D eigenvalue weighted by molar-refractivity contribution is 7.92. The van der Waals surface area contributed by atoms with Crippen molar-refractivity contribution in [2.75, 3.05) is 13.6 Å². The predicted octanol–water partition coefficient (Wildman–Crippen LogP) is 2.61. The van der Waals surface area contributed by atoms with Gasteiger partial charge in [-0.2, -0.15) is 4.31 Å². The summed E-state index contributed by atoms with van der Waals surface area (Å²) in [6, 6.07) is 9.35. The normalized spacial score (nSPS) is 22.0. The Labute approximate surface area is 144 Å². The third-order valence-electron chi connectivity index (χ3n) is 4.49. The first-order chi connectivity index (χ1) is 11.4. The maximum Gasteiger partial charge on any atom is 0.236 e. The van der Waals surface area contributed by atoms with Crippen molar-refractivity contribution in [3.05, 3.63) is 41.3 Å². The molecule has 0 aromatic heterocycles.